The third-order valence-electron chi connectivity index (χ3n) is 4.87. The van der Waals surface area contributed by atoms with Crippen molar-refractivity contribution in [1.82, 2.24) is 14.8 Å². The Hall–Kier alpha value is -1.84. The van der Waals surface area contributed by atoms with E-state index in [0.29, 0.717) is 0 Å². The van der Waals surface area contributed by atoms with Gasteiger partial charge >= 0.3 is 0 Å². The number of aromatic nitrogens is 3. The van der Waals surface area contributed by atoms with E-state index >= 15 is 0 Å². The van der Waals surface area contributed by atoms with Crippen molar-refractivity contribution in [2.75, 3.05) is 18.0 Å². The monoisotopic (exact) mass is 282 g/mol. The van der Waals surface area contributed by atoms with E-state index in [-0.39, 0.29) is 0 Å². The molecule has 0 spiro atoms. The Morgan fingerprint density at radius 2 is 2.00 bits per heavy atom. The Morgan fingerprint density at radius 3 is 2.67 bits per heavy atom. The molecule has 2 atom stereocenters. The van der Waals surface area contributed by atoms with Gasteiger partial charge in [-0.2, -0.15) is 5.10 Å². The molecule has 2 aliphatic rings. The lowest BCUT2D eigenvalue weighted by Crippen LogP contribution is -2.23. The number of anilines is 1. The van der Waals surface area contributed by atoms with Crippen molar-refractivity contribution in [2.24, 2.45) is 11.8 Å². The number of nitrogens with zero attached hydrogens (tertiary/aromatic N) is 4. The Labute approximate surface area is 125 Å². The quantitative estimate of drug-likeness (QED) is 0.864. The maximum absolute atomic E-state index is 4.82. The third-order valence-corrected chi connectivity index (χ3v) is 4.87. The molecule has 0 radical (unpaired) electrons. The fraction of sp³-hybridized carbons (Fsp3) is 0.529. The highest BCUT2D eigenvalue weighted by atomic mass is 15.3. The molecule has 21 heavy (non-hydrogen) atoms. The summed E-state index contributed by atoms with van der Waals surface area (Å²) in [6.07, 6.45) is 4.48. The van der Waals surface area contributed by atoms with Crippen LogP contribution < -0.4 is 4.90 Å². The second-order valence-electron chi connectivity index (χ2n) is 6.43. The van der Waals surface area contributed by atoms with Gasteiger partial charge in [0.1, 0.15) is 5.82 Å². The van der Waals surface area contributed by atoms with Crippen LogP contribution in [0.4, 0.5) is 5.82 Å². The van der Waals surface area contributed by atoms with Crippen molar-refractivity contribution in [3.8, 4) is 0 Å². The van der Waals surface area contributed by atoms with Gasteiger partial charge in [0, 0.05) is 25.0 Å². The van der Waals surface area contributed by atoms with Crippen LogP contribution in [0.25, 0.3) is 0 Å². The molecule has 1 saturated carbocycles. The minimum absolute atomic E-state index is 0.810. The highest BCUT2D eigenvalue weighted by Crippen LogP contribution is 2.45. The summed E-state index contributed by atoms with van der Waals surface area (Å²) in [5, 5.41) is 4.56. The molecule has 0 aromatic carbocycles. The summed E-state index contributed by atoms with van der Waals surface area (Å²) in [5.41, 5.74) is 3.53. The van der Waals surface area contributed by atoms with Crippen molar-refractivity contribution in [1.29, 1.82) is 0 Å². The molecule has 1 saturated heterocycles. The summed E-state index contributed by atoms with van der Waals surface area (Å²) in [5.74, 6) is 3.05. The molecule has 4 rings (SSSR count). The zero-order chi connectivity index (χ0) is 14.4. The summed E-state index contributed by atoms with van der Waals surface area (Å²) in [7, 11) is 0. The van der Waals surface area contributed by atoms with Gasteiger partial charge in [-0.25, -0.2) is 4.98 Å². The molecule has 0 bridgehead atoms. The lowest BCUT2D eigenvalue weighted by Gasteiger charge is -2.20. The number of piperidine rings is 1. The summed E-state index contributed by atoms with van der Waals surface area (Å²) in [6.45, 7) is 7.46. The van der Waals surface area contributed by atoms with Crippen molar-refractivity contribution in [3.05, 3.63) is 41.3 Å². The largest absolute Gasteiger partial charge is 0.356 e. The second kappa shape index (κ2) is 4.86. The van der Waals surface area contributed by atoms with E-state index in [9.17, 15) is 0 Å². The van der Waals surface area contributed by atoms with Crippen LogP contribution in [-0.2, 0) is 13.0 Å². The molecule has 0 amide bonds. The van der Waals surface area contributed by atoms with Gasteiger partial charge in [-0.3, -0.25) is 4.68 Å². The first-order chi connectivity index (χ1) is 10.2. The normalized spacial score (nSPS) is 23.4. The van der Waals surface area contributed by atoms with Gasteiger partial charge in [-0.1, -0.05) is 13.0 Å². The fourth-order valence-electron chi connectivity index (χ4n) is 3.36. The van der Waals surface area contributed by atoms with Crippen LogP contribution >= 0.6 is 0 Å². The highest BCUT2D eigenvalue weighted by Gasteiger charge is 2.45. The van der Waals surface area contributed by atoms with E-state index in [1.807, 2.05) is 4.68 Å². The molecule has 4 nitrogen and oxygen atoms in total. The average Bonchev–Trinajstić information content (AvgIpc) is 2.90. The highest BCUT2D eigenvalue weighted by molar-refractivity contribution is 5.44. The summed E-state index contributed by atoms with van der Waals surface area (Å²) < 4.78 is 2.01. The third kappa shape index (κ3) is 2.43. The van der Waals surface area contributed by atoms with Crippen LogP contribution in [0, 0.1) is 18.8 Å². The van der Waals surface area contributed by atoms with E-state index in [1.165, 1.54) is 25.1 Å². The van der Waals surface area contributed by atoms with E-state index < -0.39 is 0 Å². The van der Waals surface area contributed by atoms with Gasteiger partial charge < -0.3 is 4.90 Å². The number of rotatable bonds is 4. The van der Waals surface area contributed by atoms with E-state index in [1.54, 1.807) is 0 Å². The van der Waals surface area contributed by atoms with Crippen LogP contribution in [0.3, 0.4) is 0 Å². The molecule has 1 aliphatic heterocycles. The first-order valence-corrected chi connectivity index (χ1v) is 7.96. The van der Waals surface area contributed by atoms with Crippen LogP contribution in [0.1, 0.15) is 30.3 Å². The van der Waals surface area contributed by atoms with Gasteiger partial charge in [-0.15, -0.1) is 0 Å². The SMILES string of the molecule is CCc1ccn(Cc2ccc(N3CC4CC4C3)nc2C)n1. The van der Waals surface area contributed by atoms with Gasteiger partial charge in [0.2, 0.25) is 0 Å². The van der Waals surface area contributed by atoms with E-state index in [0.717, 1.165) is 42.0 Å². The zero-order valence-electron chi connectivity index (χ0n) is 12.8. The van der Waals surface area contributed by atoms with Crippen molar-refractivity contribution < 1.29 is 0 Å². The molecule has 2 fully saturated rings. The van der Waals surface area contributed by atoms with Gasteiger partial charge in [0.25, 0.3) is 0 Å². The minimum Gasteiger partial charge on any atom is -0.356 e. The molecule has 2 unspecified atom stereocenters. The molecule has 2 aromatic heterocycles. The standard InChI is InChI=1S/C17H22N4/c1-3-16-6-7-21(19-16)11-13-4-5-17(18-12(13)2)20-9-14-8-15(14)10-20/h4-7,14-15H,3,8-11H2,1-2H3. The molecular formula is C17H22N4. The zero-order valence-corrected chi connectivity index (χ0v) is 12.8. The summed E-state index contributed by atoms with van der Waals surface area (Å²) in [6, 6.07) is 6.49. The number of aryl methyl sites for hydroxylation is 2. The van der Waals surface area contributed by atoms with Crippen molar-refractivity contribution >= 4 is 5.82 Å². The second-order valence-corrected chi connectivity index (χ2v) is 6.43. The number of hydrogen-bond acceptors (Lipinski definition) is 3. The first-order valence-electron chi connectivity index (χ1n) is 7.96. The number of fused-ring (bicyclic) bond motifs is 1. The summed E-state index contributed by atoms with van der Waals surface area (Å²) in [4.78, 5) is 7.26. The molecule has 1 aliphatic carbocycles. The van der Waals surface area contributed by atoms with Gasteiger partial charge in [-0.05, 0) is 49.3 Å². The lowest BCUT2D eigenvalue weighted by atomic mass is 10.2. The van der Waals surface area contributed by atoms with Crippen LogP contribution in [0.15, 0.2) is 24.4 Å². The van der Waals surface area contributed by atoms with Crippen LogP contribution in [0.2, 0.25) is 0 Å². The van der Waals surface area contributed by atoms with Crippen LogP contribution in [0.5, 0.6) is 0 Å². The van der Waals surface area contributed by atoms with Crippen molar-refractivity contribution in [2.45, 2.75) is 33.2 Å². The Bertz CT molecular complexity index is 651. The smallest absolute Gasteiger partial charge is 0.128 e. The molecule has 3 heterocycles. The maximum atomic E-state index is 4.82. The number of hydrogen-bond donors (Lipinski definition) is 0. The van der Waals surface area contributed by atoms with Gasteiger partial charge in [0.05, 0.1) is 12.2 Å². The molecule has 2 aromatic rings. The van der Waals surface area contributed by atoms with Crippen molar-refractivity contribution in [3.63, 3.8) is 0 Å². The Morgan fingerprint density at radius 1 is 1.19 bits per heavy atom. The lowest BCUT2D eigenvalue weighted by molar-refractivity contribution is 0.667. The predicted octanol–water partition coefficient (Wildman–Crippen LogP) is 2.65. The van der Waals surface area contributed by atoms with E-state index in [4.69, 9.17) is 4.98 Å². The predicted molar refractivity (Wildman–Crippen MR) is 83.5 cm³/mol. The molecule has 110 valence electrons. The fourth-order valence-corrected chi connectivity index (χ4v) is 3.36. The van der Waals surface area contributed by atoms with E-state index in [2.05, 4.69) is 48.2 Å². The molecule has 4 heteroatoms. The topological polar surface area (TPSA) is 34.0 Å². The van der Waals surface area contributed by atoms with Crippen LogP contribution in [-0.4, -0.2) is 27.9 Å². The van der Waals surface area contributed by atoms with Gasteiger partial charge in [0.15, 0.2) is 0 Å². The molecule has 0 N–H and O–H groups in total. The minimum atomic E-state index is 0.810. The summed E-state index contributed by atoms with van der Waals surface area (Å²) >= 11 is 0. The Kier molecular flexibility index (Phi) is 2.98. The first kappa shape index (κ1) is 12.9. The Balaban J connectivity index is 1.50. The number of pyridine rings is 1. The molecular weight excluding hydrogens is 260 g/mol. The maximum Gasteiger partial charge on any atom is 0.128 e. The average molecular weight is 282 g/mol.